The number of fused-ring (bicyclic) bond motifs is 1. The summed E-state index contributed by atoms with van der Waals surface area (Å²) >= 11 is 0. The van der Waals surface area contributed by atoms with Crippen molar-refractivity contribution in [1.82, 2.24) is 4.90 Å². The molecule has 0 unspecified atom stereocenters. The molecule has 7 nitrogen and oxygen atoms in total. The van der Waals surface area contributed by atoms with Crippen LogP contribution < -0.4 is 20.1 Å². The number of ether oxygens (including phenoxy) is 2. The molecule has 1 aliphatic rings. The topological polar surface area (TPSA) is 79.9 Å². The molecule has 7 heteroatoms. The van der Waals surface area contributed by atoms with Crippen LogP contribution in [0.5, 0.6) is 11.5 Å². The number of methoxy groups -OCH3 is 2. The van der Waals surface area contributed by atoms with Crippen LogP contribution in [0.4, 0.5) is 11.4 Å². The van der Waals surface area contributed by atoms with Gasteiger partial charge >= 0.3 is 0 Å². The Morgan fingerprint density at radius 3 is 2.23 bits per heavy atom. The lowest BCUT2D eigenvalue weighted by Gasteiger charge is -2.33. The smallest absolute Gasteiger partial charge is 0.255 e. The first kappa shape index (κ1) is 24.3. The fourth-order valence-corrected chi connectivity index (χ4v) is 4.59. The highest BCUT2D eigenvalue weighted by molar-refractivity contribution is 6.05. The summed E-state index contributed by atoms with van der Waals surface area (Å²) in [6, 6.07) is 20.9. The van der Waals surface area contributed by atoms with Gasteiger partial charge < -0.3 is 20.1 Å². The number of carbonyl (C=O) groups excluding carboxylic acids is 2. The van der Waals surface area contributed by atoms with Crippen LogP contribution in [0.15, 0.2) is 66.7 Å². The van der Waals surface area contributed by atoms with Crippen LogP contribution >= 0.6 is 0 Å². The zero-order valence-electron chi connectivity index (χ0n) is 20.3. The number of likely N-dealkylation sites (N-methyl/N-ethyl adjacent to an activating group) is 1. The van der Waals surface area contributed by atoms with Gasteiger partial charge in [0.2, 0.25) is 5.91 Å². The summed E-state index contributed by atoms with van der Waals surface area (Å²) < 4.78 is 11.0. The molecule has 1 atom stereocenters. The first-order valence-electron chi connectivity index (χ1n) is 11.7. The number of nitrogens with zero attached hydrogens (tertiary/aromatic N) is 1. The molecule has 0 radical (unpaired) electrons. The summed E-state index contributed by atoms with van der Waals surface area (Å²) in [6.45, 7) is 0.233. The van der Waals surface area contributed by atoms with Crippen molar-refractivity contribution >= 4 is 23.2 Å². The van der Waals surface area contributed by atoms with Crippen LogP contribution in [0.1, 0.15) is 40.4 Å². The van der Waals surface area contributed by atoms with Crippen molar-refractivity contribution < 1.29 is 19.1 Å². The summed E-state index contributed by atoms with van der Waals surface area (Å²) in [6.07, 6.45) is 3.21. The van der Waals surface area contributed by atoms with E-state index in [1.165, 1.54) is 25.3 Å². The van der Waals surface area contributed by atoms with Gasteiger partial charge in [0.05, 0.1) is 32.1 Å². The number of hydrogen-bond donors (Lipinski definition) is 2. The Balaban J connectivity index is 1.48. The highest BCUT2D eigenvalue weighted by atomic mass is 16.5. The van der Waals surface area contributed by atoms with Crippen molar-refractivity contribution in [1.29, 1.82) is 0 Å². The third kappa shape index (κ3) is 5.63. The van der Waals surface area contributed by atoms with Crippen molar-refractivity contribution in [3.63, 3.8) is 0 Å². The van der Waals surface area contributed by atoms with Crippen LogP contribution in [0.3, 0.4) is 0 Å². The molecular formula is C28H31N3O4. The Kier molecular flexibility index (Phi) is 7.67. The molecular weight excluding hydrogens is 442 g/mol. The summed E-state index contributed by atoms with van der Waals surface area (Å²) in [5.41, 5.74) is 4.11. The number of rotatable bonds is 8. The Hall–Kier alpha value is -3.84. The third-order valence-electron chi connectivity index (χ3n) is 6.34. The predicted octanol–water partition coefficient (Wildman–Crippen LogP) is 4.90. The number of nitrogens with one attached hydrogen (secondary N) is 2. The molecule has 0 saturated carbocycles. The molecule has 0 aromatic heterocycles. The van der Waals surface area contributed by atoms with Crippen LogP contribution in [-0.4, -0.2) is 44.5 Å². The molecule has 3 aromatic rings. The molecule has 4 rings (SSSR count). The van der Waals surface area contributed by atoms with Crippen molar-refractivity contribution in [2.24, 2.45) is 0 Å². The lowest BCUT2D eigenvalue weighted by molar-refractivity contribution is -0.117. The molecule has 0 heterocycles. The van der Waals surface area contributed by atoms with Gasteiger partial charge in [-0.25, -0.2) is 0 Å². The normalized spacial score (nSPS) is 14.7. The summed E-state index contributed by atoms with van der Waals surface area (Å²) in [7, 11) is 5.01. The van der Waals surface area contributed by atoms with E-state index >= 15 is 0 Å². The van der Waals surface area contributed by atoms with E-state index in [4.69, 9.17) is 9.47 Å². The predicted molar refractivity (Wildman–Crippen MR) is 137 cm³/mol. The molecule has 182 valence electrons. The minimum Gasteiger partial charge on any atom is -0.494 e. The van der Waals surface area contributed by atoms with Crippen LogP contribution in [-0.2, 0) is 11.2 Å². The maximum atomic E-state index is 13.0. The maximum Gasteiger partial charge on any atom is 0.255 e. The second kappa shape index (κ2) is 11.1. The van der Waals surface area contributed by atoms with Gasteiger partial charge in [-0.2, -0.15) is 0 Å². The van der Waals surface area contributed by atoms with Crippen LogP contribution in [0.25, 0.3) is 0 Å². The second-order valence-corrected chi connectivity index (χ2v) is 8.64. The minimum absolute atomic E-state index is 0.156. The van der Waals surface area contributed by atoms with E-state index in [1.54, 1.807) is 36.4 Å². The molecule has 35 heavy (non-hydrogen) atoms. The zero-order chi connectivity index (χ0) is 24.8. The third-order valence-corrected chi connectivity index (χ3v) is 6.34. The van der Waals surface area contributed by atoms with E-state index in [2.05, 4.69) is 39.8 Å². The number of carbonyl (C=O) groups is 2. The van der Waals surface area contributed by atoms with E-state index in [1.807, 2.05) is 13.1 Å². The van der Waals surface area contributed by atoms with Crippen molar-refractivity contribution in [3.05, 3.63) is 83.4 Å². The number of anilines is 2. The van der Waals surface area contributed by atoms with Gasteiger partial charge in [0, 0.05) is 23.7 Å². The van der Waals surface area contributed by atoms with Gasteiger partial charge in [-0.05, 0) is 49.6 Å². The maximum absolute atomic E-state index is 13.0. The molecule has 0 fully saturated rings. The fraction of sp³-hybridized carbons (Fsp3) is 0.286. The Bertz CT molecular complexity index is 1200. The Morgan fingerprint density at radius 2 is 1.54 bits per heavy atom. The standard InChI is InChI=1S/C28H31N3O4/c1-31(24-15-9-13-19-10-7-8-14-21(19)24)18-27(32)29-22-16-26(35-3)23(17-25(22)34-2)30-28(33)20-11-5-4-6-12-20/h4-8,10-12,14,16-17,24H,9,13,15,18H2,1-3H3,(H,29,32)(H,30,33)/t24-/m1/s1. The summed E-state index contributed by atoms with van der Waals surface area (Å²) in [5.74, 6) is 0.419. The lowest BCUT2D eigenvalue weighted by Crippen LogP contribution is -2.35. The first-order valence-corrected chi connectivity index (χ1v) is 11.7. The Labute approximate surface area is 206 Å². The highest BCUT2D eigenvalue weighted by Gasteiger charge is 2.25. The number of aryl methyl sites for hydroxylation is 1. The largest absolute Gasteiger partial charge is 0.494 e. The lowest BCUT2D eigenvalue weighted by atomic mass is 9.87. The molecule has 0 aliphatic heterocycles. The van der Waals surface area contributed by atoms with Gasteiger partial charge in [-0.15, -0.1) is 0 Å². The first-order chi connectivity index (χ1) is 17.0. The Morgan fingerprint density at radius 1 is 0.914 bits per heavy atom. The average Bonchev–Trinajstić information content (AvgIpc) is 2.89. The van der Waals surface area contributed by atoms with Gasteiger partial charge in [-0.3, -0.25) is 14.5 Å². The molecule has 3 aromatic carbocycles. The van der Waals surface area contributed by atoms with E-state index < -0.39 is 0 Å². The van der Waals surface area contributed by atoms with E-state index in [-0.39, 0.29) is 24.4 Å². The second-order valence-electron chi connectivity index (χ2n) is 8.64. The van der Waals surface area contributed by atoms with E-state index in [9.17, 15) is 9.59 Å². The van der Waals surface area contributed by atoms with Gasteiger partial charge in [0.25, 0.3) is 5.91 Å². The van der Waals surface area contributed by atoms with Crippen molar-refractivity contribution in [2.45, 2.75) is 25.3 Å². The molecule has 0 saturated heterocycles. The molecule has 2 N–H and O–H groups in total. The molecule has 0 spiro atoms. The number of amides is 2. The summed E-state index contributed by atoms with van der Waals surface area (Å²) in [5, 5.41) is 5.80. The van der Waals surface area contributed by atoms with Gasteiger partial charge in [0.15, 0.2) is 0 Å². The average molecular weight is 474 g/mol. The summed E-state index contributed by atoms with van der Waals surface area (Å²) in [4.78, 5) is 27.7. The highest BCUT2D eigenvalue weighted by Crippen LogP contribution is 2.37. The molecule has 0 bridgehead atoms. The SMILES string of the molecule is COc1cc(NC(=O)c2ccccc2)c(OC)cc1NC(=O)CN(C)[C@@H]1CCCc2ccccc21. The van der Waals surface area contributed by atoms with Gasteiger partial charge in [-0.1, -0.05) is 42.5 Å². The van der Waals surface area contributed by atoms with E-state index in [0.717, 1.165) is 19.3 Å². The quantitative estimate of drug-likeness (QED) is 0.486. The molecule has 2 amide bonds. The van der Waals surface area contributed by atoms with Crippen LogP contribution in [0, 0.1) is 0 Å². The monoisotopic (exact) mass is 473 g/mol. The fourth-order valence-electron chi connectivity index (χ4n) is 4.59. The minimum atomic E-state index is -0.267. The molecule has 1 aliphatic carbocycles. The number of benzene rings is 3. The van der Waals surface area contributed by atoms with Gasteiger partial charge in [0.1, 0.15) is 11.5 Å². The van der Waals surface area contributed by atoms with Crippen molar-refractivity contribution in [3.8, 4) is 11.5 Å². The number of hydrogen-bond acceptors (Lipinski definition) is 5. The zero-order valence-corrected chi connectivity index (χ0v) is 20.3. The van der Waals surface area contributed by atoms with Crippen molar-refractivity contribution in [2.75, 3.05) is 38.4 Å². The van der Waals surface area contributed by atoms with E-state index in [0.29, 0.717) is 28.4 Å². The van der Waals surface area contributed by atoms with Crippen LogP contribution in [0.2, 0.25) is 0 Å².